The number of aromatic amines is 1. The van der Waals surface area contributed by atoms with Gasteiger partial charge in [-0.15, -0.1) is 0 Å². The molecule has 2 aliphatic heterocycles. The number of carbonyl (C=O) groups excluding carboxylic acids is 1. The first-order valence-electron chi connectivity index (χ1n) is 4.71. The van der Waals surface area contributed by atoms with Gasteiger partial charge in [0, 0.05) is 0 Å². The molecule has 3 rings (SSSR count). The quantitative estimate of drug-likeness (QED) is 0.336. The van der Waals surface area contributed by atoms with Crippen LogP contribution in [0, 0.1) is 0 Å². The first kappa shape index (κ1) is 13.8. The second kappa shape index (κ2) is 4.47. The number of fused-ring (bicyclic) bond motifs is 4. The number of nitrogens with one attached hydrogen (secondary N) is 1. The van der Waals surface area contributed by atoms with E-state index >= 15 is 0 Å². The molecule has 11 heteroatoms. The molecule has 1 fully saturated rings. The zero-order valence-electron chi connectivity index (χ0n) is 9.36. The first-order valence-corrected chi connectivity index (χ1v) is 6.05. The van der Waals surface area contributed by atoms with Crippen molar-refractivity contribution in [3.05, 3.63) is 17.7 Å². The number of imidazole rings is 1. The summed E-state index contributed by atoms with van der Waals surface area (Å²) in [6, 6.07) is -1.32. The Morgan fingerprint density at radius 1 is 1.56 bits per heavy atom. The third kappa shape index (κ3) is 2.15. The molecule has 2 bridgehead atoms. The molecule has 1 atom stereocenters. The van der Waals surface area contributed by atoms with Crippen molar-refractivity contribution in [3.63, 3.8) is 0 Å². The van der Waals surface area contributed by atoms with E-state index in [1.807, 2.05) is 0 Å². The van der Waals surface area contributed by atoms with E-state index in [2.05, 4.69) is 14.3 Å². The number of hydrogen-bond donors (Lipinski definition) is 1. The van der Waals surface area contributed by atoms with Gasteiger partial charge in [-0.1, -0.05) is 0 Å². The van der Waals surface area contributed by atoms with Crippen molar-refractivity contribution in [3.8, 4) is 0 Å². The molecular weight excluding hydrogens is 275 g/mol. The number of hydroxylamine groups is 2. The summed E-state index contributed by atoms with van der Waals surface area (Å²) >= 11 is 0. The summed E-state index contributed by atoms with van der Waals surface area (Å²) in [5.74, 6) is 0. The van der Waals surface area contributed by atoms with E-state index in [9.17, 15) is 17.8 Å². The fourth-order valence-electron chi connectivity index (χ4n) is 2.08. The van der Waals surface area contributed by atoms with Crippen molar-refractivity contribution >= 4 is 16.4 Å². The molecule has 92 valence electrons. The molecule has 2 aliphatic rings. The van der Waals surface area contributed by atoms with Crippen molar-refractivity contribution in [1.82, 2.24) is 19.9 Å². The smallest absolute Gasteiger partial charge is 0.724 e. The van der Waals surface area contributed by atoms with E-state index in [-0.39, 0.29) is 36.1 Å². The van der Waals surface area contributed by atoms with Gasteiger partial charge in [-0.05, 0) is 0 Å². The number of urea groups is 1. The van der Waals surface area contributed by atoms with Crippen LogP contribution in [-0.4, -0.2) is 45.5 Å². The van der Waals surface area contributed by atoms with E-state index in [1.54, 1.807) is 0 Å². The molecule has 0 aromatic carbocycles. The summed E-state index contributed by atoms with van der Waals surface area (Å²) in [5, 5.41) is 0.564. The van der Waals surface area contributed by atoms with Gasteiger partial charge in [0.15, 0.2) is 0 Å². The zero-order valence-corrected chi connectivity index (χ0v) is 12.2. The summed E-state index contributed by atoms with van der Waals surface area (Å²) < 4.78 is 35.8. The average molecular weight is 282 g/mol. The van der Waals surface area contributed by atoms with Gasteiger partial charge >= 0.3 is 35.6 Å². The number of carbonyl (C=O) groups is 1. The van der Waals surface area contributed by atoms with Gasteiger partial charge in [-0.2, -0.15) is 9.35 Å². The number of amides is 2. The van der Waals surface area contributed by atoms with Gasteiger partial charge in [-0.3, -0.25) is 0 Å². The monoisotopic (exact) mass is 282 g/mol. The van der Waals surface area contributed by atoms with Crippen LogP contribution < -0.4 is 29.6 Å². The minimum atomic E-state index is -4.97. The molecule has 1 aromatic rings. The third-order valence-electron chi connectivity index (χ3n) is 2.72. The van der Waals surface area contributed by atoms with E-state index < -0.39 is 22.5 Å². The summed E-state index contributed by atoms with van der Waals surface area (Å²) in [5.41, 5.74) is 1.24. The molecule has 1 aromatic heterocycles. The fraction of sp³-hybridized carbons (Fsp3) is 0.429. The maximum absolute atomic E-state index is 11.7. The molecule has 0 radical (unpaired) electrons. The molecule has 0 aliphatic carbocycles. The van der Waals surface area contributed by atoms with Crippen LogP contribution in [0.5, 0.6) is 0 Å². The van der Waals surface area contributed by atoms with Gasteiger partial charge in [0.25, 0.3) is 0 Å². The summed E-state index contributed by atoms with van der Waals surface area (Å²) in [4.78, 5) is 19.9. The minimum Gasteiger partial charge on any atom is -0.724 e. The van der Waals surface area contributed by atoms with Crippen LogP contribution in [0.15, 0.2) is 6.33 Å². The Balaban J connectivity index is 0.00000120. The Bertz CT molecular complexity index is 586. The Kier molecular flexibility index (Phi) is 3.42. The second-order valence-corrected chi connectivity index (χ2v) is 4.72. The van der Waals surface area contributed by atoms with Gasteiger partial charge < -0.3 is 14.4 Å². The van der Waals surface area contributed by atoms with Gasteiger partial charge in [-0.25, -0.2) is 18.2 Å². The maximum Gasteiger partial charge on any atom is 1.00 e. The maximum atomic E-state index is 11.7. The molecule has 0 saturated carbocycles. The second-order valence-electron chi connectivity index (χ2n) is 3.75. The van der Waals surface area contributed by atoms with Crippen LogP contribution >= 0.6 is 0 Å². The van der Waals surface area contributed by atoms with E-state index in [0.717, 1.165) is 0 Å². The van der Waals surface area contributed by atoms with Crippen LogP contribution in [0.1, 0.15) is 17.4 Å². The number of hydrogen-bond acceptors (Lipinski definition) is 6. The van der Waals surface area contributed by atoms with Gasteiger partial charge in [0.1, 0.15) is 6.04 Å². The molecule has 9 nitrogen and oxygen atoms in total. The third-order valence-corrected chi connectivity index (χ3v) is 3.07. The van der Waals surface area contributed by atoms with Gasteiger partial charge in [0.05, 0.1) is 30.8 Å². The summed E-state index contributed by atoms with van der Waals surface area (Å²) in [6.45, 7) is 0.551. The molecule has 3 heterocycles. The molecular formula is C7H7N4NaO5S. The molecule has 1 saturated heterocycles. The number of aromatic nitrogens is 2. The molecule has 2 amide bonds. The Morgan fingerprint density at radius 3 is 2.94 bits per heavy atom. The summed E-state index contributed by atoms with van der Waals surface area (Å²) in [7, 11) is -4.97. The van der Waals surface area contributed by atoms with E-state index in [0.29, 0.717) is 23.0 Å². The molecule has 0 spiro atoms. The van der Waals surface area contributed by atoms with Crippen LogP contribution in [0.25, 0.3) is 0 Å². The summed E-state index contributed by atoms with van der Waals surface area (Å²) in [6.07, 6.45) is 1.45. The van der Waals surface area contributed by atoms with Crippen LogP contribution in [0.4, 0.5) is 4.79 Å². The SMILES string of the molecule is O=C1N2Cc3[nH]cnc3C(C2)N1OS(=O)(=O)[O-].[Na+]. The van der Waals surface area contributed by atoms with Crippen molar-refractivity contribution in [2.45, 2.75) is 12.6 Å². The number of H-pyrrole nitrogens is 1. The molecule has 1 unspecified atom stereocenters. The zero-order chi connectivity index (χ0) is 12.2. The Morgan fingerprint density at radius 2 is 2.28 bits per heavy atom. The number of rotatable bonds is 2. The van der Waals surface area contributed by atoms with Crippen molar-refractivity contribution in [1.29, 1.82) is 0 Å². The first-order chi connectivity index (χ1) is 7.96. The predicted molar refractivity (Wildman–Crippen MR) is 49.8 cm³/mol. The van der Waals surface area contributed by atoms with Crippen molar-refractivity contribution in [2.75, 3.05) is 6.54 Å². The van der Waals surface area contributed by atoms with Gasteiger partial charge in [0.2, 0.25) is 10.4 Å². The van der Waals surface area contributed by atoms with Crippen LogP contribution in [-0.2, 0) is 21.2 Å². The molecule has 1 N–H and O–H groups in total. The van der Waals surface area contributed by atoms with Crippen LogP contribution in [0.2, 0.25) is 0 Å². The largest absolute Gasteiger partial charge is 1.00 e. The number of nitrogens with zero attached hydrogens (tertiary/aromatic N) is 3. The Hall–Kier alpha value is -0.650. The van der Waals surface area contributed by atoms with Crippen molar-refractivity contribution in [2.24, 2.45) is 0 Å². The van der Waals surface area contributed by atoms with E-state index in [4.69, 9.17) is 0 Å². The normalized spacial score (nSPS) is 21.8. The topological polar surface area (TPSA) is 119 Å². The van der Waals surface area contributed by atoms with E-state index in [1.165, 1.54) is 11.2 Å². The predicted octanol–water partition coefficient (Wildman–Crippen LogP) is -3.90. The standard InChI is InChI=1S/C7H8N4O5S.Na/c12-7-10-1-4-6(9-3-8-4)5(2-10)11(7)16-17(13,14)15;/h3,5H,1-2H2,(H,8,9)(H,13,14,15);/q;+1/p-1. The van der Waals surface area contributed by atoms with Crippen molar-refractivity contribution < 1.29 is 51.6 Å². The fourth-order valence-corrected chi connectivity index (χ4v) is 2.45. The minimum absolute atomic E-state index is 0. The molecule has 18 heavy (non-hydrogen) atoms. The van der Waals surface area contributed by atoms with Crippen LogP contribution in [0.3, 0.4) is 0 Å². The average Bonchev–Trinajstić information content (AvgIpc) is 2.77. The Labute approximate surface area is 124 Å².